The molecule has 0 bridgehead atoms. The van der Waals surface area contributed by atoms with Crippen molar-refractivity contribution < 1.29 is 15.0 Å². The van der Waals surface area contributed by atoms with Gasteiger partial charge in [-0.1, -0.05) is 12.1 Å². The summed E-state index contributed by atoms with van der Waals surface area (Å²) in [6.07, 6.45) is 0. The Morgan fingerprint density at radius 2 is 1.67 bits per heavy atom. The molecule has 56 valence electrons. The van der Waals surface area contributed by atoms with Gasteiger partial charge in [-0.15, -0.1) is 0 Å². The minimum absolute atomic E-state index is 0. The van der Waals surface area contributed by atoms with E-state index in [9.17, 15) is 4.79 Å². The van der Waals surface area contributed by atoms with Gasteiger partial charge in [0.25, 0.3) is 0 Å². The van der Waals surface area contributed by atoms with Crippen LogP contribution in [0.5, 0.6) is 5.75 Å². The number of benzene rings is 1. The number of carboxylic acid groups (broad SMARTS) is 1. The van der Waals surface area contributed by atoms with Gasteiger partial charge in [-0.2, -0.15) is 0 Å². The molecule has 0 aliphatic heterocycles. The van der Waals surface area contributed by atoms with Crippen molar-refractivity contribution in [1.82, 2.24) is 0 Å². The van der Waals surface area contributed by atoms with Crippen LogP contribution < -0.4 is 0 Å². The fourth-order valence-electron chi connectivity index (χ4n) is 0.654. The van der Waals surface area contributed by atoms with Crippen molar-refractivity contribution in [2.75, 3.05) is 0 Å². The van der Waals surface area contributed by atoms with Crippen LogP contribution in [0.2, 0.25) is 0 Å². The van der Waals surface area contributed by atoms with Gasteiger partial charge in [0.05, 0.1) is 0 Å². The van der Waals surface area contributed by atoms with Crippen LogP contribution in [-0.4, -0.2) is 119 Å². The Balaban J connectivity index is 0. The predicted octanol–water partition coefficient (Wildman–Crippen LogP) is -0.207. The van der Waals surface area contributed by atoms with Gasteiger partial charge in [-0.05, 0) is 12.1 Å². The van der Waals surface area contributed by atoms with Crippen LogP contribution in [0, 0.1) is 0 Å². The van der Waals surface area contributed by atoms with E-state index >= 15 is 0 Å². The summed E-state index contributed by atoms with van der Waals surface area (Å²) in [7, 11) is 0. The Kier molecular flexibility index (Phi) is 10.9. The van der Waals surface area contributed by atoms with E-state index < -0.39 is 5.97 Å². The Morgan fingerprint density at radius 3 is 2.00 bits per heavy atom. The molecule has 0 saturated heterocycles. The number of carbonyl (C=O) groups is 1. The van der Waals surface area contributed by atoms with E-state index in [0.717, 1.165) is 0 Å². The summed E-state index contributed by atoms with van der Waals surface area (Å²) < 4.78 is 0. The van der Waals surface area contributed by atoms with Crippen molar-refractivity contribution >= 4 is 109 Å². The molecule has 0 radical (unpaired) electrons. The summed E-state index contributed by atoms with van der Waals surface area (Å²) in [5.41, 5.74) is -0.0671. The topological polar surface area (TPSA) is 57.5 Å². The quantitative estimate of drug-likeness (QED) is 0.642. The van der Waals surface area contributed by atoms with E-state index in [0.29, 0.717) is 0 Å². The first-order valence-corrected chi connectivity index (χ1v) is 2.73. The summed E-state index contributed by atoms with van der Waals surface area (Å²) in [5, 5.41) is 17.3. The predicted molar refractivity (Wildman–Crippen MR) is 49.4 cm³/mol. The molecule has 0 aliphatic carbocycles. The first-order valence-electron chi connectivity index (χ1n) is 2.73. The average Bonchev–Trinajstić information content (AvgIpc) is 1.88. The molecule has 0 aliphatic rings. The Bertz CT molecular complexity index is 263. The molecule has 0 heterocycles. The van der Waals surface area contributed by atoms with Gasteiger partial charge >= 0.3 is 109 Å². The first-order chi connectivity index (χ1) is 4.72. The molecule has 0 amide bonds. The molecule has 2 N–H and O–H groups in total. The first kappa shape index (κ1) is 16.2. The SMILES string of the molecule is O=C(O)c1ccccc1O.[KH].[KH]. The van der Waals surface area contributed by atoms with Crippen molar-refractivity contribution in [3.63, 3.8) is 0 Å². The van der Waals surface area contributed by atoms with Crippen LogP contribution in [0.1, 0.15) is 10.4 Å². The Morgan fingerprint density at radius 1 is 1.17 bits per heavy atom. The molecule has 12 heavy (non-hydrogen) atoms. The van der Waals surface area contributed by atoms with E-state index in [1.807, 2.05) is 0 Å². The molecule has 0 aromatic heterocycles. The molecular weight excluding hydrogens is 210 g/mol. The molecule has 0 spiro atoms. The monoisotopic (exact) mass is 218 g/mol. The maximum absolute atomic E-state index is 10.3. The second kappa shape index (κ2) is 8.10. The Labute approximate surface area is 155 Å². The normalized spacial score (nSPS) is 7.67. The Hall–Kier alpha value is 1.76. The van der Waals surface area contributed by atoms with Crippen molar-refractivity contribution in [3.8, 4) is 5.75 Å². The molecule has 0 saturated carbocycles. The van der Waals surface area contributed by atoms with Gasteiger partial charge in [0.2, 0.25) is 0 Å². The van der Waals surface area contributed by atoms with Gasteiger partial charge < -0.3 is 10.2 Å². The van der Waals surface area contributed by atoms with Crippen molar-refractivity contribution in [2.45, 2.75) is 0 Å². The van der Waals surface area contributed by atoms with Crippen LogP contribution in [0.4, 0.5) is 0 Å². The van der Waals surface area contributed by atoms with Gasteiger partial charge in [-0.3, -0.25) is 0 Å². The van der Waals surface area contributed by atoms with Crippen molar-refractivity contribution in [3.05, 3.63) is 29.8 Å². The summed E-state index contributed by atoms with van der Waals surface area (Å²) in [4.78, 5) is 10.3. The van der Waals surface area contributed by atoms with Crippen molar-refractivity contribution in [1.29, 1.82) is 0 Å². The minimum atomic E-state index is -1.11. The van der Waals surface area contributed by atoms with E-state index in [2.05, 4.69) is 0 Å². The van der Waals surface area contributed by atoms with Gasteiger partial charge in [0.1, 0.15) is 11.3 Å². The van der Waals surface area contributed by atoms with E-state index in [1.165, 1.54) is 12.1 Å². The number of aromatic carboxylic acids is 1. The number of carboxylic acids is 1. The summed E-state index contributed by atoms with van der Waals surface area (Å²) >= 11 is 0. The number of aromatic hydroxyl groups is 1. The molecule has 5 heteroatoms. The molecule has 1 aromatic rings. The van der Waals surface area contributed by atoms with Crippen LogP contribution in [-0.2, 0) is 0 Å². The standard InChI is InChI=1S/C7H6O3.2K.2H/c8-6-4-2-1-3-5(6)7(9)10;;;;/h1-4,8H,(H,9,10);;;;. The van der Waals surface area contributed by atoms with Crippen LogP contribution in [0.15, 0.2) is 24.3 Å². The summed E-state index contributed by atoms with van der Waals surface area (Å²) in [5.74, 6) is -1.31. The zero-order valence-corrected chi connectivity index (χ0v) is 5.11. The molecule has 0 atom stereocenters. The average molecular weight is 218 g/mol. The molecular formula is C7H8K2O3. The van der Waals surface area contributed by atoms with E-state index in [1.54, 1.807) is 12.1 Å². The summed E-state index contributed by atoms with van der Waals surface area (Å²) in [6, 6.07) is 5.81. The number of phenols is 1. The molecule has 1 rings (SSSR count). The van der Waals surface area contributed by atoms with Crippen LogP contribution in [0.3, 0.4) is 0 Å². The van der Waals surface area contributed by atoms with E-state index in [4.69, 9.17) is 10.2 Å². The third-order valence-corrected chi connectivity index (χ3v) is 1.13. The molecule has 1 aromatic carbocycles. The molecule has 3 nitrogen and oxygen atoms in total. The third kappa shape index (κ3) is 4.85. The fourth-order valence-corrected chi connectivity index (χ4v) is 0.654. The van der Waals surface area contributed by atoms with Gasteiger partial charge in [0.15, 0.2) is 0 Å². The summed E-state index contributed by atoms with van der Waals surface area (Å²) in [6.45, 7) is 0. The third-order valence-electron chi connectivity index (χ3n) is 1.13. The van der Waals surface area contributed by atoms with Gasteiger partial charge in [-0.25, -0.2) is 4.79 Å². The second-order valence-electron chi connectivity index (χ2n) is 1.82. The van der Waals surface area contributed by atoms with Crippen molar-refractivity contribution in [2.24, 2.45) is 0 Å². The molecule has 0 unspecified atom stereocenters. The maximum atomic E-state index is 10.3. The van der Waals surface area contributed by atoms with E-state index in [-0.39, 0.29) is 114 Å². The van der Waals surface area contributed by atoms with Crippen LogP contribution >= 0.6 is 0 Å². The fraction of sp³-hybridized carbons (Fsp3) is 0. The number of hydrogen-bond donors (Lipinski definition) is 2. The number of hydrogen-bond acceptors (Lipinski definition) is 2. The van der Waals surface area contributed by atoms with Crippen LogP contribution in [0.25, 0.3) is 0 Å². The van der Waals surface area contributed by atoms with Gasteiger partial charge in [0, 0.05) is 0 Å². The zero-order valence-electron chi connectivity index (χ0n) is 5.11. The second-order valence-corrected chi connectivity index (χ2v) is 1.82. The number of para-hydroxylation sites is 1. The zero-order chi connectivity index (χ0) is 7.56. The number of rotatable bonds is 1. The molecule has 0 fully saturated rings.